The van der Waals surface area contributed by atoms with Crippen LogP contribution in [-0.2, 0) is 0 Å². The number of carbonyl (C=O) groups is 2. The lowest BCUT2D eigenvalue weighted by Gasteiger charge is -2.19. The molecule has 1 saturated heterocycles. The molecule has 1 N–H and O–H groups in total. The molecular formula is C22H21FN2O3. The highest BCUT2D eigenvalue weighted by atomic mass is 19.1. The Morgan fingerprint density at radius 3 is 2.46 bits per heavy atom. The number of benzene rings is 2. The molecule has 6 heteroatoms. The van der Waals surface area contributed by atoms with Crippen LogP contribution in [0.4, 0.5) is 10.1 Å². The Morgan fingerprint density at radius 2 is 1.71 bits per heavy atom. The summed E-state index contributed by atoms with van der Waals surface area (Å²) in [6, 6.07) is 12.6. The van der Waals surface area contributed by atoms with E-state index in [-0.39, 0.29) is 17.2 Å². The molecule has 0 radical (unpaired) electrons. The summed E-state index contributed by atoms with van der Waals surface area (Å²) in [7, 11) is 0. The first kappa shape index (κ1) is 18.2. The largest absolute Gasteiger partial charge is 0.449 e. The third-order valence-electron chi connectivity index (χ3n) is 5.01. The van der Waals surface area contributed by atoms with Gasteiger partial charge in [0.2, 0.25) is 5.76 Å². The number of amides is 2. The SMILES string of the molecule is O=C(Nc1c(C(=O)N2CCCCCC2)oc2ccccc12)c1cccc(F)c1. The molecule has 0 bridgehead atoms. The fraction of sp³-hybridized carbons (Fsp3) is 0.273. The van der Waals surface area contributed by atoms with Gasteiger partial charge in [-0.3, -0.25) is 9.59 Å². The van der Waals surface area contributed by atoms with Gasteiger partial charge in [0.15, 0.2) is 0 Å². The van der Waals surface area contributed by atoms with E-state index >= 15 is 0 Å². The number of carbonyl (C=O) groups excluding carboxylic acids is 2. The zero-order valence-corrected chi connectivity index (χ0v) is 15.4. The van der Waals surface area contributed by atoms with Crippen LogP contribution < -0.4 is 5.32 Å². The maximum Gasteiger partial charge on any atom is 0.291 e. The van der Waals surface area contributed by atoms with Crippen molar-refractivity contribution >= 4 is 28.5 Å². The Bertz CT molecular complexity index is 1020. The maximum atomic E-state index is 13.5. The van der Waals surface area contributed by atoms with Crippen LogP contribution in [0.5, 0.6) is 0 Å². The van der Waals surface area contributed by atoms with E-state index in [0.717, 1.165) is 31.7 Å². The molecule has 1 aromatic heterocycles. The topological polar surface area (TPSA) is 62.6 Å². The first-order valence-corrected chi connectivity index (χ1v) is 9.51. The standard InChI is InChI=1S/C22H21FN2O3/c23-16-9-7-8-15(14-16)21(26)24-19-17-10-3-4-11-18(17)28-20(19)22(27)25-12-5-1-2-6-13-25/h3-4,7-11,14H,1-2,5-6,12-13H2,(H,24,26). The molecular weight excluding hydrogens is 359 g/mol. The summed E-state index contributed by atoms with van der Waals surface area (Å²) in [5.74, 6) is -1.10. The van der Waals surface area contributed by atoms with E-state index in [1.165, 1.54) is 18.2 Å². The number of furan rings is 1. The van der Waals surface area contributed by atoms with Crippen LogP contribution in [-0.4, -0.2) is 29.8 Å². The number of nitrogens with zero attached hydrogens (tertiary/aromatic N) is 1. The summed E-state index contributed by atoms with van der Waals surface area (Å²) < 4.78 is 19.3. The number of fused-ring (bicyclic) bond motifs is 1. The molecule has 144 valence electrons. The Morgan fingerprint density at radius 1 is 0.964 bits per heavy atom. The quantitative estimate of drug-likeness (QED) is 0.707. The molecule has 0 aliphatic carbocycles. The minimum absolute atomic E-state index is 0.118. The van der Waals surface area contributed by atoms with Gasteiger partial charge < -0.3 is 14.6 Å². The van der Waals surface area contributed by atoms with Gasteiger partial charge >= 0.3 is 0 Å². The number of likely N-dealkylation sites (tertiary alicyclic amines) is 1. The average molecular weight is 380 g/mol. The van der Waals surface area contributed by atoms with Crippen molar-refractivity contribution in [3.63, 3.8) is 0 Å². The number of nitrogens with one attached hydrogen (secondary N) is 1. The number of hydrogen-bond acceptors (Lipinski definition) is 3. The van der Waals surface area contributed by atoms with Gasteiger partial charge in [-0.1, -0.05) is 31.0 Å². The van der Waals surface area contributed by atoms with Gasteiger partial charge in [0, 0.05) is 24.0 Å². The van der Waals surface area contributed by atoms with Gasteiger partial charge in [-0.25, -0.2) is 4.39 Å². The van der Waals surface area contributed by atoms with Crippen molar-refractivity contribution in [2.24, 2.45) is 0 Å². The van der Waals surface area contributed by atoms with Crippen LogP contribution in [0.1, 0.15) is 46.6 Å². The van der Waals surface area contributed by atoms with Crippen LogP contribution in [0.25, 0.3) is 11.0 Å². The van der Waals surface area contributed by atoms with Crippen LogP contribution in [0, 0.1) is 5.82 Å². The summed E-state index contributed by atoms with van der Waals surface area (Å²) in [5, 5.41) is 3.41. The minimum atomic E-state index is -0.495. The molecule has 2 heterocycles. The Hall–Kier alpha value is -3.15. The fourth-order valence-corrected chi connectivity index (χ4v) is 3.55. The molecule has 0 saturated carbocycles. The molecule has 1 aliphatic heterocycles. The predicted molar refractivity (Wildman–Crippen MR) is 105 cm³/mol. The zero-order valence-electron chi connectivity index (χ0n) is 15.4. The molecule has 28 heavy (non-hydrogen) atoms. The number of rotatable bonds is 3. The highest BCUT2D eigenvalue weighted by molar-refractivity contribution is 6.14. The minimum Gasteiger partial charge on any atom is -0.449 e. The third-order valence-corrected chi connectivity index (χ3v) is 5.01. The number of hydrogen-bond donors (Lipinski definition) is 1. The predicted octanol–water partition coefficient (Wildman–Crippen LogP) is 4.84. The van der Waals surface area contributed by atoms with Crippen LogP contribution in [0.15, 0.2) is 52.9 Å². The molecule has 2 amide bonds. The Kier molecular flexibility index (Phi) is 5.10. The molecule has 0 atom stereocenters. The van der Waals surface area contributed by atoms with Gasteiger partial charge in [-0.15, -0.1) is 0 Å². The lowest BCUT2D eigenvalue weighted by atomic mass is 10.1. The summed E-state index contributed by atoms with van der Waals surface area (Å²) in [4.78, 5) is 27.6. The lowest BCUT2D eigenvalue weighted by Crippen LogP contribution is -2.32. The normalized spacial score (nSPS) is 14.7. The molecule has 0 spiro atoms. The molecule has 0 unspecified atom stereocenters. The molecule has 5 nitrogen and oxygen atoms in total. The van der Waals surface area contributed by atoms with Gasteiger partial charge in [-0.2, -0.15) is 0 Å². The summed E-state index contributed by atoms with van der Waals surface area (Å²) in [6.45, 7) is 1.35. The van der Waals surface area contributed by atoms with Crippen molar-refractivity contribution < 1.29 is 18.4 Å². The fourth-order valence-electron chi connectivity index (χ4n) is 3.55. The van der Waals surface area contributed by atoms with Crippen molar-refractivity contribution in [1.82, 2.24) is 4.90 Å². The molecule has 1 aliphatic rings. The Labute approximate surface area is 162 Å². The van der Waals surface area contributed by atoms with Crippen LogP contribution in [0.2, 0.25) is 0 Å². The molecule has 1 fully saturated rings. The highest BCUT2D eigenvalue weighted by Gasteiger charge is 2.27. The van der Waals surface area contributed by atoms with E-state index in [2.05, 4.69) is 5.32 Å². The maximum absolute atomic E-state index is 13.5. The second-order valence-corrected chi connectivity index (χ2v) is 6.97. The number of halogens is 1. The molecule has 4 rings (SSSR count). The summed E-state index contributed by atoms with van der Waals surface area (Å²) >= 11 is 0. The van der Waals surface area contributed by atoms with Crippen molar-refractivity contribution in [3.05, 3.63) is 65.7 Å². The van der Waals surface area contributed by atoms with Gasteiger partial charge in [-0.05, 0) is 43.2 Å². The highest BCUT2D eigenvalue weighted by Crippen LogP contribution is 2.32. The van der Waals surface area contributed by atoms with E-state index in [4.69, 9.17) is 4.42 Å². The lowest BCUT2D eigenvalue weighted by molar-refractivity contribution is 0.0733. The van der Waals surface area contributed by atoms with Crippen LogP contribution in [0.3, 0.4) is 0 Å². The Balaban J connectivity index is 1.71. The molecule has 2 aromatic carbocycles. The van der Waals surface area contributed by atoms with E-state index in [1.807, 2.05) is 12.1 Å². The monoisotopic (exact) mass is 380 g/mol. The summed E-state index contributed by atoms with van der Waals surface area (Å²) in [6.07, 6.45) is 4.12. The van der Waals surface area contributed by atoms with Crippen molar-refractivity contribution in [3.8, 4) is 0 Å². The van der Waals surface area contributed by atoms with E-state index < -0.39 is 11.7 Å². The smallest absolute Gasteiger partial charge is 0.291 e. The van der Waals surface area contributed by atoms with E-state index in [0.29, 0.717) is 29.7 Å². The number of anilines is 1. The van der Waals surface area contributed by atoms with Crippen molar-refractivity contribution in [2.45, 2.75) is 25.7 Å². The number of para-hydroxylation sites is 1. The average Bonchev–Trinajstić information content (AvgIpc) is 2.88. The van der Waals surface area contributed by atoms with E-state index in [9.17, 15) is 14.0 Å². The van der Waals surface area contributed by atoms with Crippen LogP contribution >= 0.6 is 0 Å². The second kappa shape index (κ2) is 7.84. The van der Waals surface area contributed by atoms with E-state index in [1.54, 1.807) is 17.0 Å². The molecule has 3 aromatic rings. The second-order valence-electron chi connectivity index (χ2n) is 6.97. The zero-order chi connectivity index (χ0) is 19.5. The van der Waals surface area contributed by atoms with Gasteiger partial charge in [0.05, 0.1) is 0 Å². The first-order valence-electron chi connectivity index (χ1n) is 9.51. The summed E-state index contributed by atoms with van der Waals surface area (Å²) in [5.41, 5.74) is 1.03. The first-order chi connectivity index (χ1) is 13.6. The van der Waals surface area contributed by atoms with Gasteiger partial charge in [0.25, 0.3) is 11.8 Å². The van der Waals surface area contributed by atoms with Crippen molar-refractivity contribution in [1.29, 1.82) is 0 Å². The van der Waals surface area contributed by atoms with Crippen molar-refractivity contribution in [2.75, 3.05) is 18.4 Å². The third kappa shape index (κ3) is 3.63. The van der Waals surface area contributed by atoms with Gasteiger partial charge in [0.1, 0.15) is 17.1 Å².